The summed E-state index contributed by atoms with van der Waals surface area (Å²) < 4.78 is 26.4. The van der Waals surface area contributed by atoms with Crippen molar-refractivity contribution in [2.45, 2.75) is 55.9 Å². The summed E-state index contributed by atoms with van der Waals surface area (Å²) in [5, 5.41) is 13.7. The molecule has 31 heavy (non-hydrogen) atoms. The Morgan fingerprint density at radius 1 is 1.29 bits per heavy atom. The third kappa shape index (κ3) is 5.47. The van der Waals surface area contributed by atoms with Gasteiger partial charge in [-0.3, -0.25) is 4.79 Å². The lowest BCUT2D eigenvalue weighted by Gasteiger charge is -2.18. The quantitative estimate of drug-likeness (QED) is 0.546. The number of sulfonamides is 1. The van der Waals surface area contributed by atoms with Crippen LogP contribution in [0, 0.1) is 11.3 Å². The number of amides is 1. The molecule has 7 nitrogen and oxygen atoms in total. The van der Waals surface area contributed by atoms with Gasteiger partial charge in [0.1, 0.15) is 16.0 Å². The van der Waals surface area contributed by atoms with Gasteiger partial charge in [-0.2, -0.15) is 9.57 Å². The fraction of sp³-hybridized carbons (Fsp3) is 0.476. The van der Waals surface area contributed by atoms with Gasteiger partial charge in [0.25, 0.3) is 0 Å². The van der Waals surface area contributed by atoms with Crippen molar-refractivity contribution in [3.8, 4) is 6.07 Å². The van der Waals surface area contributed by atoms with Gasteiger partial charge in [0.2, 0.25) is 15.9 Å². The lowest BCUT2D eigenvalue weighted by molar-refractivity contribution is -0.115. The zero-order chi connectivity index (χ0) is 22.4. The maximum atomic E-state index is 12.5. The average molecular weight is 479 g/mol. The number of nitrogens with zero attached hydrogens (tertiary/aromatic N) is 3. The molecule has 0 atom stereocenters. The highest BCUT2D eigenvalue weighted by molar-refractivity contribution is 7.99. The molecule has 0 fully saturated rings. The summed E-state index contributed by atoms with van der Waals surface area (Å²) in [7, 11) is -3.52. The van der Waals surface area contributed by atoms with Gasteiger partial charge >= 0.3 is 0 Å². The number of thiophene rings is 1. The Morgan fingerprint density at radius 2 is 2.03 bits per heavy atom. The van der Waals surface area contributed by atoms with E-state index < -0.39 is 10.0 Å². The minimum atomic E-state index is -3.52. The predicted molar refractivity (Wildman–Crippen MR) is 124 cm³/mol. The first-order valence-corrected chi connectivity index (χ1v) is 13.6. The molecule has 0 unspecified atom stereocenters. The van der Waals surface area contributed by atoms with Crippen LogP contribution in [0.4, 0.5) is 5.00 Å². The highest BCUT2D eigenvalue weighted by atomic mass is 32.2. The van der Waals surface area contributed by atoms with Crippen molar-refractivity contribution in [3.63, 3.8) is 0 Å². The van der Waals surface area contributed by atoms with Gasteiger partial charge in [0, 0.05) is 36.3 Å². The van der Waals surface area contributed by atoms with Gasteiger partial charge in [-0.25, -0.2) is 13.4 Å². The number of anilines is 1. The van der Waals surface area contributed by atoms with Crippen molar-refractivity contribution in [2.24, 2.45) is 0 Å². The molecule has 0 aliphatic heterocycles. The van der Waals surface area contributed by atoms with E-state index in [-0.39, 0.29) is 17.2 Å². The van der Waals surface area contributed by atoms with Crippen molar-refractivity contribution in [1.29, 1.82) is 5.26 Å². The van der Waals surface area contributed by atoms with E-state index in [0.29, 0.717) is 34.4 Å². The van der Waals surface area contributed by atoms with Gasteiger partial charge in [-0.15, -0.1) is 23.1 Å². The lowest BCUT2D eigenvalue weighted by atomic mass is 9.96. The van der Waals surface area contributed by atoms with Crippen LogP contribution < -0.4 is 5.32 Å². The summed E-state index contributed by atoms with van der Waals surface area (Å²) in [6, 6.07) is 5.47. The first-order chi connectivity index (χ1) is 14.9. The van der Waals surface area contributed by atoms with Crippen LogP contribution in [0.2, 0.25) is 0 Å². The number of pyridine rings is 1. The van der Waals surface area contributed by atoms with E-state index in [1.165, 1.54) is 38.5 Å². The third-order valence-corrected chi connectivity index (χ3v) is 9.35. The second-order valence-electron chi connectivity index (χ2n) is 7.09. The van der Waals surface area contributed by atoms with Crippen LogP contribution in [0.5, 0.6) is 0 Å². The number of carbonyl (C=O) groups excluding carboxylic acids is 1. The van der Waals surface area contributed by atoms with Gasteiger partial charge in [-0.1, -0.05) is 13.8 Å². The van der Waals surface area contributed by atoms with Crippen LogP contribution in [0.1, 0.15) is 49.1 Å². The first kappa shape index (κ1) is 23.7. The molecule has 1 amide bonds. The molecule has 0 saturated heterocycles. The minimum absolute atomic E-state index is 0.136. The molecule has 2 heterocycles. The Bertz CT molecular complexity index is 1070. The number of hydrogen-bond acceptors (Lipinski definition) is 7. The number of nitrogens with one attached hydrogen (secondary N) is 1. The molecule has 2 aromatic heterocycles. The standard InChI is InChI=1S/C21H26N4O3S3/c1-3-25(4-2)31(27,28)15-9-10-20(23-14-15)29-12-11-19(26)24-21-17(13-22)16-7-5-6-8-18(16)30-21/h9-10,14H,3-8,11-12H2,1-2H3,(H,24,26). The largest absolute Gasteiger partial charge is 0.317 e. The monoisotopic (exact) mass is 478 g/mol. The third-order valence-electron chi connectivity index (χ3n) is 5.17. The number of rotatable bonds is 9. The van der Waals surface area contributed by atoms with Crippen LogP contribution >= 0.6 is 23.1 Å². The molecular weight excluding hydrogens is 452 g/mol. The normalized spacial score (nSPS) is 13.6. The summed E-state index contributed by atoms with van der Waals surface area (Å²) >= 11 is 2.91. The molecule has 1 N–H and O–H groups in total. The number of aromatic nitrogens is 1. The SMILES string of the molecule is CCN(CC)S(=O)(=O)c1ccc(SCCC(=O)Nc2sc3c(c2C#N)CCCC3)nc1. The van der Waals surface area contributed by atoms with E-state index >= 15 is 0 Å². The van der Waals surface area contributed by atoms with E-state index in [0.717, 1.165) is 31.2 Å². The van der Waals surface area contributed by atoms with Gasteiger partial charge in [0.15, 0.2) is 0 Å². The summed E-state index contributed by atoms with van der Waals surface area (Å²) in [5.74, 6) is 0.372. The number of thioether (sulfide) groups is 1. The Morgan fingerprint density at radius 3 is 2.68 bits per heavy atom. The number of hydrogen-bond donors (Lipinski definition) is 1. The van der Waals surface area contributed by atoms with E-state index in [1.807, 2.05) is 0 Å². The molecule has 1 aliphatic carbocycles. The van der Waals surface area contributed by atoms with Crippen LogP contribution in [0.15, 0.2) is 28.3 Å². The summed E-state index contributed by atoms with van der Waals surface area (Å²) in [5.41, 5.74) is 1.72. The van der Waals surface area contributed by atoms with Crippen molar-refractivity contribution < 1.29 is 13.2 Å². The molecule has 0 bridgehead atoms. The zero-order valence-corrected chi connectivity index (χ0v) is 20.1. The van der Waals surface area contributed by atoms with Crippen molar-refractivity contribution in [3.05, 3.63) is 34.3 Å². The molecule has 0 spiro atoms. The maximum absolute atomic E-state index is 12.5. The smallest absolute Gasteiger partial charge is 0.244 e. The molecule has 0 radical (unpaired) electrons. The fourth-order valence-electron chi connectivity index (χ4n) is 3.53. The van der Waals surface area contributed by atoms with Crippen LogP contribution in [-0.4, -0.2) is 42.5 Å². The van der Waals surface area contributed by atoms with Crippen LogP contribution in [0.3, 0.4) is 0 Å². The van der Waals surface area contributed by atoms with Gasteiger partial charge in [-0.05, 0) is 43.4 Å². The minimum Gasteiger partial charge on any atom is -0.317 e. The van der Waals surface area contributed by atoms with Crippen molar-refractivity contribution >= 4 is 44.0 Å². The second-order valence-corrected chi connectivity index (χ2v) is 11.3. The van der Waals surface area contributed by atoms with Gasteiger partial charge in [0.05, 0.1) is 10.6 Å². The van der Waals surface area contributed by atoms with Crippen LogP contribution in [-0.2, 0) is 27.7 Å². The number of carbonyl (C=O) groups is 1. The molecule has 166 valence electrons. The predicted octanol–water partition coefficient (Wildman–Crippen LogP) is 4.04. The summed E-state index contributed by atoms with van der Waals surface area (Å²) in [4.78, 5) is 18.0. The molecule has 10 heteroatoms. The maximum Gasteiger partial charge on any atom is 0.244 e. The van der Waals surface area contributed by atoms with E-state index in [4.69, 9.17) is 0 Å². The Labute approximate surface area is 191 Å². The van der Waals surface area contributed by atoms with E-state index in [9.17, 15) is 18.5 Å². The number of aryl methyl sites for hydroxylation is 1. The van der Waals surface area contributed by atoms with E-state index in [2.05, 4.69) is 16.4 Å². The first-order valence-electron chi connectivity index (χ1n) is 10.3. The number of nitriles is 1. The lowest BCUT2D eigenvalue weighted by Crippen LogP contribution is -2.30. The highest BCUT2D eigenvalue weighted by Gasteiger charge is 2.23. The molecule has 3 rings (SSSR count). The zero-order valence-electron chi connectivity index (χ0n) is 17.7. The fourth-order valence-corrected chi connectivity index (χ4v) is 6.97. The van der Waals surface area contributed by atoms with Crippen LogP contribution in [0.25, 0.3) is 0 Å². The topological polar surface area (TPSA) is 103 Å². The number of fused-ring (bicyclic) bond motifs is 1. The summed E-state index contributed by atoms with van der Waals surface area (Å²) in [6.07, 6.45) is 5.75. The Hall–Kier alpha value is -1.93. The average Bonchev–Trinajstić information content (AvgIpc) is 3.11. The molecule has 2 aromatic rings. The van der Waals surface area contributed by atoms with E-state index in [1.54, 1.807) is 26.0 Å². The highest BCUT2D eigenvalue weighted by Crippen LogP contribution is 2.37. The molecule has 0 saturated carbocycles. The van der Waals surface area contributed by atoms with Crippen molar-refractivity contribution in [1.82, 2.24) is 9.29 Å². The molecule has 0 aromatic carbocycles. The Balaban J connectivity index is 1.54. The summed E-state index contributed by atoms with van der Waals surface area (Å²) in [6.45, 7) is 4.42. The van der Waals surface area contributed by atoms with Gasteiger partial charge < -0.3 is 5.32 Å². The second kappa shape index (κ2) is 10.6. The molecular formula is C21H26N4O3S3. The Kier molecular flexibility index (Phi) is 8.11. The molecule has 1 aliphatic rings. The van der Waals surface area contributed by atoms with Crippen molar-refractivity contribution in [2.75, 3.05) is 24.2 Å².